The van der Waals surface area contributed by atoms with Gasteiger partial charge in [0.15, 0.2) is 0 Å². The molecule has 3 rings (SSSR count). The van der Waals surface area contributed by atoms with Gasteiger partial charge in [-0.25, -0.2) is 9.97 Å². The van der Waals surface area contributed by atoms with Crippen LogP contribution in [0.2, 0.25) is 0 Å². The summed E-state index contributed by atoms with van der Waals surface area (Å²) < 4.78 is 0. The number of anilines is 1. The van der Waals surface area contributed by atoms with Crippen molar-refractivity contribution in [3.05, 3.63) is 17.6 Å². The molecule has 6 heteroatoms. The maximum atomic E-state index is 11.8. The maximum absolute atomic E-state index is 11.8. The van der Waals surface area contributed by atoms with Crippen molar-refractivity contribution in [3.8, 4) is 0 Å². The number of piperidine rings is 1. The standard InChI is InChI=1S/C18H29N5O/c1-14-20-15(7-9-19)13-17(21-14)23-11-3-2-5-16(23)8-12-22-10-4-6-18(22)24/h13,16H,2-12,19H2,1H3. The van der Waals surface area contributed by atoms with Crippen LogP contribution >= 0.6 is 0 Å². The van der Waals surface area contributed by atoms with Crippen LogP contribution in [0.5, 0.6) is 0 Å². The third-order valence-corrected chi connectivity index (χ3v) is 5.10. The summed E-state index contributed by atoms with van der Waals surface area (Å²) in [5, 5.41) is 0. The van der Waals surface area contributed by atoms with Gasteiger partial charge in [0.25, 0.3) is 0 Å². The zero-order chi connectivity index (χ0) is 16.9. The highest BCUT2D eigenvalue weighted by Crippen LogP contribution is 2.26. The van der Waals surface area contributed by atoms with E-state index < -0.39 is 0 Å². The van der Waals surface area contributed by atoms with E-state index in [-0.39, 0.29) is 0 Å². The normalized spacial score (nSPS) is 21.6. The van der Waals surface area contributed by atoms with Crippen molar-refractivity contribution in [2.45, 2.75) is 57.9 Å². The molecule has 0 aliphatic carbocycles. The van der Waals surface area contributed by atoms with Crippen molar-refractivity contribution < 1.29 is 4.79 Å². The van der Waals surface area contributed by atoms with E-state index >= 15 is 0 Å². The highest BCUT2D eigenvalue weighted by molar-refractivity contribution is 5.78. The fourth-order valence-corrected chi connectivity index (χ4v) is 3.88. The third kappa shape index (κ3) is 4.04. The number of amides is 1. The van der Waals surface area contributed by atoms with Crippen molar-refractivity contribution in [3.63, 3.8) is 0 Å². The highest BCUT2D eigenvalue weighted by Gasteiger charge is 2.27. The fraction of sp³-hybridized carbons (Fsp3) is 0.722. The summed E-state index contributed by atoms with van der Waals surface area (Å²) in [5.74, 6) is 2.17. The minimum atomic E-state index is 0.320. The summed E-state index contributed by atoms with van der Waals surface area (Å²) in [6.07, 6.45) is 7.20. The number of hydrogen-bond acceptors (Lipinski definition) is 5. The summed E-state index contributed by atoms with van der Waals surface area (Å²) in [7, 11) is 0. The predicted molar refractivity (Wildman–Crippen MR) is 94.9 cm³/mol. The summed E-state index contributed by atoms with van der Waals surface area (Å²) in [6.45, 7) is 5.40. The molecule has 0 spiro atoms. The molecule has 0 radical (unpaired) electrons. The maximum Gasteiger partial charge on any atom is 0.222 e. The molecule has 132 valence electrons. The van der Waals surface area contributed by atoms with Gasteiger partial charge in [-0.2, -0.15) is 0 Å². The van der Waals surface area contributed by atoms with E-state index in [2.05, 4.69) is 20.9 Å². The lowest BCUT2D eigenvalue weighted by molar-refractivity contribution is -0.127. The van der Waals surface area contributed by atoms with Crippen LogP contribution in [0.25, 0.3) is 0 Å². The Morgan fingerprint density at radius 1 is 1.25 bits per heavy atom. The number of nitrogens with zero attached hydrogens (tertiary/aromatic N) is 4. The summed E-state index contributed by atoms with van der Waals surface area (Å²) in [6, 6.07) is 2.56. The summed E-state index contributed by atoms with van der Waals surface area (Å²) >= 11 is 0. The number of carbonyl (C=O) groups excluding carboxylic acids is 1. The van der Waals surface area contributed by atoms with E-state index in [1.807, 2.05) is 11.8 Å². The topological polar surface area (TPSA) is 75.3 Å². The third-order valence-electron chi connectivity index (χ3n) is 5.10. The first-order chi connectivity index (χ1) is 11.7. The van der Waals surface area contributed by atoms with E-state index in [1.165, 1.54) is 19.3 Å². The summed E-state index contributed by atoms with van der Waals surface area (Å²) in [5.41, 5.74) is 6.71. The Labute approximate surface area is 144 Å². The molecule has 2 N–H and O–H groups in total. The molecule has 0 saturated carbocycles. The van der Waals surface area contributed by atoms with Gasteiger partial charge >= 0.3 is 0 Å². The number of hydrogen-bond donors (Lipinski definition) is 1. The highest BCUT2D eigenvalue weighted by atomic mass is 16.2. The minimum Gasteiger partial charge on any atom is -0.353 e. The van der Waals surface area contributed by atoms with E-state index in [4.69, 9.17) is 5.73 Å². The van der Waals surface area contributed by atoms with Gasteiger partial charge in [0.1, 0.15) is 11.6 Å². The Balaban J connectivity index is 1.70. The first-order valence-corrected chi connectivity index (χ1v) is 9.26. The Morgan fingerprint density at radius 2 is 2.12 bits per heavy atom. The molecule has 2 saturated heterocycles. The number of carbonyl (C=O) groups is 1. The average Bonchev–Trinajstić information content (AvgIpc) is 2.98. The molecule has 1 amide bonds. The SMILES string of the molecule is Cc1nc(CCN)cc(N2CCCCC2CCN2CCCC2=O)n1. The van der Waals surface area contributed by atoms with Crippen LogP contribution < -0.4 is 10.6 Å². The second kappa shape index (κ2) is 7.92. The van der Waals surface area contributed by atoms with Crippen molar-refractivity contribution >= 4 is 11.7 Å². The van der Waals surface area contributed by atoms with Crippen molar-refractivity contribution in [1.29, 1.82) is 0 Å². The fourth-order valence-electron chi connectivity index (χ4n) is 3.88. The molecule has 2 fully saturated rings. The zero-order valence-electron chi connectivity index (χ0n) is 14.7. The lowest BCUT2D eigenvalue weighted by Crippen LogP contribution is -2.42. The van der Waals surface area contributed by atoms with Crippen LogP contribution in [0.1, 0.15) is 50.0 Å². The predicted octanol–water partition coefficient (Wildman–Crippen LogP) is 1.66. The number of likely N-dealkylation sites (tertiary alicyclic amines) is 1. The quantitative estimate of drug-likeness (QED) is 0.858. The van der Waals surface area contributed by atoms with E-state index in [0.717, 1.165) is 62.7 Å². The van der Waals surface area contributed by atoms with Crippen molar-refractivity contribution in [1.82, 2.24) is 14.9 Å². The molecular weight excluding hydrogens is 302 g/mol. The Morgan fingerprint density at radius 3 is 2.88 bits per heavy atom. The van der Waals surface area contributed by atoms with Gasteiger partial charge in [-0.05, 0) is 45.6 Å². The van der Waals surface area contributed by atoms with E-state index in [1.54, 1.807) is 0 Å². The molecule has 2 aliphatic heterocycles. The zero-order valence-corrected chi connectivity index (χ0v) is 14.7. The van der Waals surface area contributed by atoms with E-state index in [0.29, 0.717) is 18.5 Å². The molecule has 6 nitrogen and oxygen atoms in total. The molecule has 2 aliphatic rings. The van der Waals surface area contributed by atoms with Crippen LogP contribution in [-0.2, 0) is 11.2 Å². The van der Waals surface area contributed by atoms with Gasteiger partial charge in [0, 0.05) is 50.3 Å². The molecule has 0 aromatic carbocycles. The van der Waals surface area contributed by atoms with Gasteiger partial charge in [0.05, 0.1) is 0 Å². The smallest absolute Gasteiger partial charge is 0.222 e. The Bertz CT molecular complexity index is 577. The lowest BCUT2D eigenvalue weighted by Gasteiger charge is -2.37. The molecule has 1 atom stereocenters. The van der Waals surface area contributed by atoms with Crippen LogP contribution in [-0.4, -0.2) is 53.0 Å². The molecule has 1 aromatic heterocycles. The molecule has 1 aromatic rings. The molecular formula is C18H29N5O. The van der Waals surface area contributed by atoms with Gasteiger partial charge in [-0.3, -0.25) is 4.79 Å². The van der Waals surface area contributed by atoms with Crippen LogP contribution in [0.3, 0.4) is 0 Å². The van der Waals surface area contributed by atoms with Crippen LogP contribution in [0, 0.1) is 6.92 Å². The van der Waals surface area contributed by atoms with Crippen LogP contribution in [0.4, 0.5) is 5.82 Å². The minimum absolute atomic E-state index is 0.320. The first kappa shape index (κ1) is 17.1. The van der Waals surface area contributed by atoms with Crippen LogP contribution in [0.15, 0.2) is 6.07 Å². The lowest BCUT2D eigenvalue weighted by atomic mass is 9.99. The Hall–Kier alpha value is -1.69. The van der Waals surface area contributed by atoms with Crippen molar-refractivity contribution in [2.75, 3.05) is 31.1 Å². The monoisotopic (exact) mass is 331 g/mol. The molecule has 1 unspecified atom stereocenters. The molecule has 3 heterocycles. The van der Waals surface area contributed by atoms with Gasteiger partial charge in [-0.15, -0.1) is 0 Å². The number of rotatable bonds is 6. The number of aryl methyl sites for hydroxylation is 1. The second-order valence-corrected chi connectivity index (χ2v) is 6.92. The Kier molecular flexibility index (Phi) is 5.66. The second-order valence-electron chi connectivity index (χ2n) is 6.92. The van der Waals surface area contributed by atoms with Gasteiger partial charge in [-0.1, -0.05) is 0 Å². The first-order valence-electron chi connectivity index (χ1n) is 9.26. The van der Waals surface area contributed by atoms with Gasteiger partial charge in [0.2, 0.25) is 5.91 Å². The molecule has 0 bridgehead atoms. The molecule has 24 heavy (non-hydrogen) atoms. The van der Waals surface area contributed by atoms with Gasteiger partial charge < -0.3 is 15.5 Å². The largest absolute Gasteiger partial charge is 0.353 e. The number of nitrogens with two attached hydrogens (primary N) is 1. The number of aromatic nitrogens is 2. The van der Waals surface area contributed by atoms with E-state index in [9.17, 15) is 4.79 Å². The summed E-state index contributed by atoms with van der Waals surface area (Å²) in [4.78, 5) is 25.5. The average molecular weight is 331 g/mol. The van der Waals surface area contributed by atoms with Crippen molar-refractivity contribution in [2.24, 2.45) is 5.73 Å².